The molecule has 1 aliphatic heterocycles. The van der Waals surface area contributed by atoms with Gasteiger partial charge in [0.25, 0.3) is 0 Å². The average Bonchev–Trinajstić information content (AvgIpc) is 3.00. The fourth-order valence-corrected chi connectivity index (χ4v) is 3.20. The molecular weight excluding hydrogens is 224 g/mol. The minimum absolute atomic E-state index is 0.104. The summed E-state index contributed by atoms with van der Waals surface area (Å²) in [5, 5.41) is 13.3. The van der Waals surface area contributed by atoms with Crippen LogP contribution in [0.2, 0.25) is 0 Å². The fraction of sp³-hybridized carbons (Fsp3) is 1.00. The summed E-state index contributed by atoms with van der Waals surface area (Å²) in [4.78, 5) is 2.59. The molecule has 106 valence electrons. The molecule has 3 heteroatoms. The van der Waals surface area contributed by atoms with Crippen LogP contribution in [0.4, 0.5) is 0 Å². The molecule has 0 aromatic rings. The summed E-state index contributed by atoms with van der Waals surface area (Å²) < 4.78 is 0. The molecule has 1 aliphatic carbocycles. The van der Waals surface area contributed by atoms with Gasteiger partial charge in [0.1, 0.15) is 0 Å². The standard InChI is InChI=1S/C15H30N2O/c1-12(17-8-7-14(2,3)10-17)9-15(4,11-18)16-13-5-6-13/h12-13,16,18H,5-11H2,1-4H3. The van der Waals surface area contributed by atoms with Crippen molar-refractivity contribution in [3.8, 4) is 0 Å². The van der Waals surface area contributed by atoms with E-state index in [1.54, 1.807) is 0 Å². The molecule has 2 aliphatic rings. The zero-order chi connectivity index (χ0) is 13.4. The van der Waals surface area contributed by atoms with E-state index in [0.717, 1.165) is 6.42 Å². The number of nitrogens with one attached hydrogen (secondary N) is 1. The summed E-state index contributed by atoms with van der Waals surface area (Å²) in [6, 6.07) is 1.21. The van der Waals surface area contributed by atoms with Gasteiger partial charge in [-0.05, 0) is 51.5 Å². The fourth-order valence-electron chi connectivity index (χ4n) is 3.20. The normalized spacial score (nSPS) is 29.2. The molecule has 0 amide bonds. The van der Waals surface area contributed by atoms with Gasteiger partial charge in [0, 0.05) is 24.2 Å². The largest absolute Gasteiger partial charge is 0.394 e. The highest BCUT2D eigenvalue weighted by atomic mass is 16.3. The molecule has 2 fully saturated rings. The SMILES string of the molecule is CC(CC(C)(CO)NC1CC1)N1CCC(C)(C)C1. The van der Waals surface area contributed by atoms with Gasteiger partial charge in [-0.15, -0.1) is 0 Å². The molecule has 1 heterocycles. The molecule has 0 aromatic carbocycles. The molecule has 2 N–H and O–H groups in total. The van der Waals surface area contributed by atoms with Crippen molar-refractivity contribution in [1.29, 1.82) is 0 Å². The average molecular weight is 254 g/mol. The molecule has 2 rings (SSSR count). The molecule has 1 saturated heterocycles. The number of hydrogen-bond acceptors (Lipinski definition) is 3. The molecule has 18 heavy (non-hydrogen) atoms. The highest BCUT2D eigenvalue weighted by Gasteiger charge is 2.37. The van der Waals surface area contributed by atoms with Crippen molar-refractivity contribution >= 4 is 0 Å². The zero-order valence-corrected chi connectivity index (χ0v) is 12.5. The van der Waals surface area contributed by atoms with Gasteiger partial charge in [0.2, 0.25) is 0 Å². The zero-order valence-electron chi connectivity index (χ0n) is 12.5. The molecule has 2 atom stereocenters. The van der Waals surface area contributed by atoms with Gasteiger partial charge in [0.15, 0.2) is 0 Å². The van der Waals surface area contributed by atoms with E-state index in [0.29, 0.717) is 17.5 Å². The first kappa shape index (κ1) is 14.3. The first-order valence-corrected chi connectivity index (χ1v) is 7.46. The van der Waals surface area contributed by atoms with Crippen molar-refractivity contribution < 1.29 is 5.11 Å². The summed E-state index contributed by atoms with van der Waals surface area (Å²) in [7, 11) is 0. The first-order valence-electron chi connectivity index (χ1n) is 7.46. The van der Waals surface area contributed by atoms with E-state index in [1.807, 2.05) is 0 Å². The Balaban J connectivity index is 1.86. The number of aliphatic hydroxyl groups is 1. The quantitative estimate of drug-likeness (QED) is 0.761. The van der Waals surface area contributed by atoms with Crippen molar-refractivity contribution in [2.24, 2.45) is 5.41 Å². The minimum Gasteiger partial charge on any atom is -0.394 e. The Hall–Kier alpha value is -0.120. The van der Waals surface area contributed by atoms with Gasteiger partial charge in [0.05, 0.1) is 6.61 Å². The Morgan fingerprint density at radius 3 is 2.56 bits per heavy atom. The number of nitrogens with zero attached hydrogens (tertiary/aromatic N) is 1. The van der Waals surface area contributed by atoms with Crippen LogP contribution < -0.4 is 5.32 Å². The predicted octanol–water partition coefficient (Wildman–Crippen LogP) is 2.00. The van der Waals surface area contributed by atoms with Crippen LogP contribution in [0.25, 0.3) is 0 Å². The lowest BCUT2D eigenvalue weighted by Gasteiger charge is -2.36. The second kappa shape index (κ2) is 5.10. The summed E-state index contributed by atoms with van der Waals surface area (Å²) >= 11 is 0. The molecule has 1 saturated carbocycles. The number of aliphatic hydroxyl groups excluding tert-OH is 1. The summed E-state index contributed by atoms with van der Waals surface area (Å²) in [6.45, 7) is 11.8. The van der Waals surface area contributed by atoms with E-state index in [9.17, 15) is 5.11 Å². The molecule has 0 aromatic heterocycles. The van der Waals surface area contributed by atoms with Crippen molar-refractivity contribution in [1.82, 2.24) is 10.2 Å². The van der Waals surface area contributed by atoms with Crippen LogP contribution >= 0.6 is 0 Å². The van der Waals surface area contributed by atoms with E-state index in [1.165, 1.54) is 32.4 Å². The van der Waals surface area contributed by atoms with Crippen LogP contribution in [0.3, 0.4) is 0 Å². The third-order valence-electron chi connectivity index (χ3n) is 4.56. The van der Waals surface area contributed by atoms with Crippen molar-refractivity contribution in [2.45, 2.75) is 71.0 Å². The highest BCUT2D eigenvalue weighted by molar-refractivity contribution is 4.96. The van der Waals surface area contributed by atoms with Crippen molar-refractivity contribution in [3.63, 3.8) is 0 Å². The topological polar surface area (TPSA) is 35.5 Å². The summed E-state index contributed by atoms with van der Waals surface area (Å²) in [5.41, 5.74) is 0.362. The molecule has 3 nitrogen and oxygen atoms in total. The van der Waals surface area contributed by atoms with E-state index in [4.69, 9.17) is 0 Å². The summed E-state index contributed by atoms with van der Waals surface area (Å²) in [5.74, 6) is 0. The van der Waals surface area contributed by atoms with Crippen molar-refractivity contribution in [3.05, 3.63) is 0 Å². The minimum atomic E-state index is -0.104. The molecule has 2 unspecified atom stereocenters. The highest BCUT2D eigenvalue weighted by Crippen LogP contribution is 2.32. The Bertz CT molecular complexity index is 288. The summed E-state index contributed by atoms with van der Waals surface area (Å²) in [6.07, 6.45) is 4.89. The Morgan fingerprint density at radius 1 is 1.44 bits per heavy atom. The second-order valence-corrected chi connectivity index (χ2v) is 7.58. The first-order chi connectivity index (χ1) is 8.34. The van der Waals surface area contributed by atoms with Crippen LogP contribution in [0.5, 0.6) is 0 Å². The number of rotatable bonds is 6. The van der Waals surface area contributed by atoms with Crippen molar-refractivity contribution in [2.75, 3.05) is 19.7 Å². The van der Waals surface area contributed by atoms with E-state index in [2.05, 4.69) is 37.9 Å². The van der Waals surface area contributed by atoms with Gasteiger partial charge in [-0.2, -0.15) is 0 Å². The van der Waals surface area contributed by atoms with Crippen LogP contribution in [-0.2, 0) is 0 Å². The number of likely N-dealkylation sites (tertiary alicyclic amines) is 1. The predicted molar refractivity (Wildman–Crippen MR) is 75.7 cm³/mol. The lowest BCUT2D eigenvalue weighted by molar-refractivity contribution is 0.120. The maximum absolute atomic E-state index is 9.68. The van der Waals surface area contributed by atoms with Gasteiger partial charge in [-0.25, -0.2) is 0 Å². The Kier molecular flexibility index (Phi) is 4.05. The van der Waals surface area contributed by atoms with Crippen LogP contribution in [0, 0.1) is 5.41 Å². The van der Waals surface area contributed by atoms with E-state index in [-0.39, 0.29) is 12.1 Å². The lowest BCUT2D eigenvalue weighted by atomic mass is 9.92. The Morgan fingerprint density at radius 2 is 2.11 bits per heavy atom. The van der Waals surface area contributed by atoms with Gasteiger partial charge < -0.3 is 15.3 Å². The third-order valence-corrected chi connectivity index (χ3v) is 4.56. The maximum Gasteiger partial charge on any atom is 0.0611 e. The third kappa shape index (κ3) is 3.69. The molecular formula is C15H30N2O. The molecule has 0 spiro atoms. The van der Waals surface area contributed by atoms with Gasteiger partial charge in [-0.3, -0.25) is 0 Å². The lowest BCUT2D eigenvalue weighted by Crippen LogP contribution is -2.51. The van der Waals surface area contributed by atoms with Gasteiger partial charge >= 0.3 is 0 Å². The van der Waals surface area contributed by atoms with Gasteiger partial charge in [-0.1, -0.05) is 13.8 Å². The van der Waals surface area contributed by atoms with E-state index < -0.39 is 0 Å². The Labute approximate surface area is 112 Å². The maximum atomic E-state index is 9.68. The number of hydrogen-bond donors (Lipinski definition) is 2. The smallest absolute Gasteiger partial charge is 0.0611 e. The molecule has 0 bridgehead atoms. The van der Waals surface area contributed by atoms with E-state index >= 15 is 0 Å². The monoisotopic (exact) mass is 254 g/mol. The molecule has 0 radical (unpaired) electrons. The second-order valence-electron chi connectivity index (χ2n) is 7.58. The van der Waals surface area contributed by atoms with Crippen LogP contribution in [-0.4, -0.2) is 47.3 Å². The van der Waals surface area contributed by atoms with Crippen LogP contribution in [0.1, 0.15) is 53.4 Å². The van der Waals surface area contributed by atoms with Crippen LogP contribution in [0.15, 0.2) is 0 Å².